The number of fused-ring (bicyclic) bond motifs is 3. The molecule has 4 heteroatoms. The van der Waals surface area contributed by atoms with Crippen molar-refractivity contribution in [3.05, 3.63) is 75.8 Å². The van der Waals surface area contributed by atoms with Gasteiger partial charge in [-0.1, -0.05) is 46.3 Å². The van der Waals surface area contributed by atoms with Crippen LogP contribution in [-0.2, 0) is 0 Å². The number of allylic oxidation sites excluding steroid dienone is 2. The molecule has 2 aromatic carbocycles. The lowest BCUT2D eigenvalue weighted by Crippen LogP contribution is -2.30. The quantitative estimate of drug-likeness (QED) is 0.734. The molecule has 2 aliphatic rings. The molecule has 23 heavy (non-hydrogen) atoms. The third kappa shape index (κ3) is 2.38. The number of carbonyl (C=O) groups is 1. The number of hydrogen-bond acceptors (Lipinski definition) is 2. The maximum atomic E-state index is 11.6. The van der Waals surface area contributed by atoms with E-state index in [0.29, 0.717) is 17.4 Å². The molecule has 116 valence electrons. The molecule has 3 nitrogen and oxygen atoms in total. The molecule has 0 amide bonds. The van der Waals surface area contributed by atoms with Gasteiger partial charge in [0.05, 0.1) is 11.6 Å². The molecule has 0 saturated heterocycles. The molecule has 1 aliphatic heterocycles. The number of halogens is 1. The van der Waals surface area contributed by atoms with Gasteiger partial charge in [-0.25, -0.2) is 4.79 Å². The van der Waals surface area contributed by atoms with Gasteiger partial charge in [0.2, 0.25) is 0 Å². The molecule has 2 N–H and O–H groups in total. The van der Waals surface area contributed by atoms with Crippen LogP contribution in [0.25, 0.3) is 0 Å². The zero-order chi connectivity index (χ0) is 16.0. The van der Waals surface area contributed by atoms with Crippen LogP contribution in [0.15, 0.2) is 59.1 Å². The van der Waals surface area contributed by atoms with Gasteiger partial charge < -0.3 is 10.4 Å². The maximum absolute atomic E-state index is 11.6. The fourth-order valence-corrected chi connectivity index (χ4v) is 4.21. The monoisotopic (exact) mass is 369 g/mol. The molecule has 3 atom stereocenters. The van der Waals surface area contributed by atoms with E-state index < -0.39 is 5.97 Å². The number of carboxylic acid groups (broad SMARTS) is 1. The van der Waals surface area contributed by atoms with Crippen molar-refractivity contribution in [2.45, 2.75) is 18.4 Å². The van der Waals surface area contributed by atoms with Crippen molar-refractivity contribution in [1.82, 2.24) is 0 Å². The molecule has 0 fully saturated rings. The van der Waals surface area contributed by atoms with Crippen LogP contribution in [0.4, 0.5) is 5.69 Å². The van der Waals surface area contributed by atoms with Gasteiger partial charge in [0, 0.05) is 16.1 Å². The first-order valence-corrected chi connectivity index (χ1v) is 8.49. The average molecular weight is 370 g/mol. The van der Waals surface area contributed by atoms with E-state index in [1.165, 1.54) is 5.56 Å². The zero-order valence-corrected chi connectivity index (χ0v) is 14.0. The summed E-state index contributed by atoms with van der Waals surface area (Å²) in [5, 5.41) is 13.1. The van der Waals surface area contributed by atoms with Gasteiger partial charge in [0.15, 0.2) is 0 Å². The predicted molar refractivity (Wildman–Crippen MR) is 93.9 cm³/mol. The number of nitrogens with one attached hydrogen (secondary N) is 1. The van der Waals surface area contributed by atoms with Crippen LogP contribution in [0.5, 0.6) is 0 Å². The van der Waals surface area contributed by atoms with Gasteiger partial charge in [0.25, 0.3) is 0 Å². The largest absolute Gasteiger partial charge is 0.478 e. The summed E-state index contributed by atoms with van der Waals surface area (Å²) in [4.78, 5) is 11.6. The molecule has 1 heterocycles. The minimum absolute atomic E-state index is 0.0102. The van der Waals surface area contributed by atoms with Crippen molar-refractivity contribution in [2.24, 2.45) is 5.92 Å². The third-order valence-corrected chi connectivity index (χ3v) is 5.34. The van der Waals surface area contributed by atoms with Gasteiger partial charge in [0.1, 0.15) is 0 Å². The van der Waals surface area contributed by atoms with E-state index >= 15 is 0 Å². The number of carboxylic acids is 1. The molecular formula is C19H16BrNO2. The van der Waals surface area contributed by atoms with Crippen LogP contribution in [0.3, 0.4) is 0 Å². The molecule has 0 bridgehead atoms. The summed E-state index contributed by atoms with van der Waals surface area (Å²) in [6.45, 7) is 0. The highest BCUT2D eigenvalue weighted by atomic mass is 79.9. The minimum atomic E-state index is -0.869. The van der Waals surface area contributed by atoms with Crippen LogP contribution in [0.1, 0.15) is 39.9 Å². The van der Waals surface area contributed by atoms with Gasteiger partial charge >= 0.3 is 5.97 Å². The van der Waals surface area contributed by atoms with Gasteiger partial charge in [-0.15, -0.1) is 0 Å². The number of benzene rings is 2. The third-order valence-electron chi connectivity index (χ3n) is 4.85. The Balaban J connectivity index is 1.83. The standard InChI is InChI=1S/C19H16BrNO2/c20-11-8-9-17-16(10-11)12-6-3-7-13(12)18(21-17)14-4-1-2-5-15(14)19(22)23/h1-6,8-10,12-13,18,21H,7H2,(H,22,23)/t12-,13-,18-/m1/s1. The van der Waals surface area contributed by atoms with Crippen molar-refractivity contribution in [3.63, 3.8) is 0 Å². The fraction of sp³-hybridized carbons (Fsp3) is 0.211. The van der Waals surface area contributed by atoms with Crippen LogP contribution >= 0.6 is 15.9 Å². The normalized spacial score (nSPS) is 24.7. The van der Waals surface area contributed by atoms with Crippen LogP contribution < -0.4 is 5.32 Å². The smallest absolute Gasteiger partial charge is 0.336 e. The van der Waals surface area contributed by atoms with Crippen LogP contribution in [-0.4, -0.2) is 11.1 Å². The SMILES string of the molecule is O=C(O)c1ccccc1[C@@H]1Nc2ccc(Br)cc2[C@@H]2C=CC[C@H]21. The summed E-state index contributed by atoms with van der Waals surface area (Å²) < 4.78 is 1.07. The van der Waals surface area contributed by atoms with E-state index in [4.69, 9.17) is 0 Å². The molecule has 0 saturated carbocycles. The number of anilines is 1. The summed E-state index contributed by atoms with van der Waals surface area (Å²) in [5.74, 6) is -0.195. The lowest BCUT2D eigenvalue weighted by atomic mass is 9.76. The molecule has 2 aromatic rings. The van der Waals surface area contributed by atoms with Crippen molar-refractivity contribution < 1.29 is 9.90 Å². The number of hydrogen-bond donors (Lipinski definition) is 2. The second-order valence-electron chi connectivity index (χ2n) is 6.10. The Bertz CT molecular complexity index is 815. The highest BCUT2D eigenvalue weighted by Crippen LogP contribution is 2.50. The van der Waals surface area contributed by atoms with E-state index in [9.17, 15) is 9.90 Å². The summed E-state index contributed by atoms with van der Waals surface area (Å²) in [5.41, 5.74) is 3.62. The highest BCUT2D eigenvalue weighted by Gasteiger charge is 2.39. The van der Waals surface area contributed by atoms with Crippen LogP contribution in [0, 0.1) is 5.92 Å². The Morgan fingerprint density at radius 1 is 1.17 bits per heavy atom. The van der Waals surface area contributed by atoms with Crippen molar-refractivity contribution in [1.29, 1.82) is 0 Å². The van der Waals surface area contributed by atoms with Gasteiger partial charge in [-0.05, 0) is 47.7 Å². The Morgan fingerprint density at radius 3 is 2.83 bits per heavy atom. The van der Waals surface area contributed by atoms with E-state index in [2.05, 4.69) is 45.5 Å². The van der Waals surface area contributed by atoms with Crippen molar-refractivity contribution in [3.8, 4) is 0 Å². The predicted octanol–water partition coefficient (Wildman–Crippen LogP) is 4.97. The first-order chi connectivity index (χ1) is 11.1. The van der Waals surface area contributed by atoms with E-state index in [-0.39, 0.29) is 6.04 Å². The molecule has 0 aromatic heterocycles. The number of aromatic carboxylic acids is 1. The lowest BCUT2D eigenvalue weighted by Gasteiger charge is -2.38. The Hall–Kier alpha value is -2.07. The van der Waals surface area contributed by atoms with E-state index in [1.807, 2.05) is 18.2 Å². The molecule has 0 radical (unpaired) electrons. The number of rotatable bonds is 2. The summed E-state index contributed by atoms with van der Waals surface area (Å²) in [7, 11) is 0. The molecule has 1 aliphatic carbocycles. The Labute approximate surface area is 143 Å². The summed E-state index contributed by atoms with van der Waals surface area (Å²) in [6.07, 6.45) is 5.43. The topological polar surface area (TPSA) is 49.3 Å². The second-order valence-corrected chi connectivity index (χ2v) is 7.02. The molecular weight excluding hydrogens is 354 g/mol. The van der Waals surface area contributed by atoms with Crippen molar-refractivity contribution in [2.75, 3.05) is 5.32 Å². The first kappa shape index (κ1) is 14.5. The zero-order valence-electron chi connectivity index (χ0n) is 12.4. The molecule has 4 rings (SSSR count). The fourth-order valence-electron chi connectivity index (χ4n) is 3.84. The van der Waals surface area contributed by atoms with E-state index in [0.717, 1.165) is 22.1 Å². The van der Waals surface area contributed by atoms with Crippen LogP contribution in [0.2, 0.25) is 0 Å². The van der Waals surface area contributed by atoms with Crippen molar-refractivity contribution >= 4 is 27.6 Å². The summed E-state index contributed by atoms with van der Waals surface area (Å²) >= 11 is 3.55. The Kier molecular flexibility index (Phi) is 3.49. The average Bonchev–Trinajstić information content (AvgIpc) is 3.04. The minimum Gasteiger partial charge on any atom is -0.478 e. The van der Waals surface area contributed by atoms with E-state index in [1.54, 1.807) is 12.1 Å². The lowest BCUT2D eigenvalue weighted by molar-refractivity contribution is 0.0694. The molecule has 0 spiro atoms. The first-order valence-electron chi connectivity index (χ1n) is 7.70. The summed E-state index contributed by atoms with van der Waals surface area (Å²) in [6, 6.07) is 13.6. The maximum Gasteiger partial charge on any atom is 0.336 e. The van der Waals surface area contributed by atoms with Gasteiger partial charge in [-0.3, -0.25) is 0 Å². The Morgan fingerprint density at radius 2 is 2.00 bits per heavy atom. The molecule has 0 unspecified atom stereocenters. The highest BCUT2D eigenvalue weighted by molar-refractivity contribution is 9.10. The van der Waals surface area contributed by atoms with Gasteiger partial charge in [-0.2, -0.15) is 0 Å². The second kappa shape index (κ2) is 5.53.